The Morgan fingerprint density at radius 2 is 2.00 bits per heavy atom. The number of hydrogen-bond acceptors (Lipinski definition) is 4. The second-order valence-electron chi connectivity index (χ2n) is 6.10. The maximum atomic E-state index is 12.4. The van der Waals surface area contributed by atoms with Crippen molar-refractivity contribution in [1.82, 2.24) is 4.90 Å². The summed E-state index contributed by atoms with van der Waals surface area (Å²) in [6, 6.07) is 16.8. The molecular formula is C20H21ClN4O. The van der Waals surface area contributed by atoms with Gasteiger partial charge in [-0.25, -0.2) is 0 Å². The van der Waals surface area contributed by atoms with Crippen molar-refractivity contribution in [3.05, 3.63) is 70.9 Å². The van der Waals surface area contributed by atoms with E-state index in [1.165, 1.54) is 0 Å². The van der Waals surface area contributed by atoms with E-state index in [2.05, 4.69) is 5.32 Å². The number of nitriles is 1. The molecule has 0 unspecified atom stereocenters. The largest absolute Gasteiger partial charge is 0.398 e. The summed E-state index contributed by atoms with van der Waals surface area (Å²) in [6.07, 6.45) is 1.59. The first-order valence-corrected chi connectivity index (χ1v) is 8.56. The first-order valence-electron chi connectivity index (χ1n) is 8.18. The molecule has 2 rings (SSSR count). The molecule has 0 saturated heterocycles. The Morgan fingerprint density at radius 1 is 1.31 bits per heavy atom. The van der Waals surface area contributed by atoms with Crippen LogP contribution in [0.4, 0.5) is 11.4 Å². The lowest BCUT2D eigenvalue weighted by molar-refractivity contribution is -0.112. The lowest BCUT2D eigenvalue weighted by Crippen LogP contribution is -2.27. The molecule has 2 aromatic rings. The van der Waals surface area contributed by atoms with Gasteiger partial charge in [0.05, 0.1) is 10.7 Å². The number of nitrogens with zero attached hydrogens (tertiary/aromatic N) is 2. The second-order valence-corrected chi connectivity index (χ2v) is 6.50. The minimum atomic E-state index is -0.493. The quantitative estimate of drug-likeness (QED) is 0.455. The summed E-state index contributed by atoms with van der Waals surface area (Å²) in [5, 5.41) is 12.4. The first kappa shape index (κ1) is 19.4. The maximum Gasteiger partial charge on any atom is 0.267 e. The van der Waals surface area contributed by atoms with Gasteiger partial charge in [0.25, 0.3) is 5.91 Å². The van der Waals surface area contributed by atoms with Crippen molar-refractivity contribution < 1.29 is 4.79 Å². The number of amides is 1. The third-order valence-corrected chi connectivity index (χ3v) is 4.12. The summed E-state index contributed by atoms with van der Waals surface area (Å²) in [7, 11) is 0. The van der Waals surface area contributed by atoms with E-state index >= 15 is 0 Å². The number of benzene rings is 2. The second kappa shape index (κ2) is 8.93. The third-order valence-electron chi connectivity index (χ3n) is 3.79. The van der Waals surface area contributed by atoms with Crippen molar-refractivity contribution in [3.63, 3.8) is 0 Å². The SMILES string of the molecule is CC(C)N(/C=C(/C#N)C(=O)Nc1ccc(N)c(Cl)c1)Cc1ccccc1. The molecule has 0 aliphatic carbocycles. The average molecular weight is 369 g/mol. The number of nitrogen functional groups attached to an aromatic ring is 1. The summed E-state index contributed by atoms with van der Waals surface area (Å²) in [5.41, 5.74) is 7.68. The van der Waals surface area contributed by atoms with Gasteiger partial charge in [0.15, 0.2) is 0 Å². The molecule has 2 aromatic carbocycles. The molecule has 0 atom stereocenters. The van der Waals surface area contributed by atoms with Gasteiger partial charge in [0.1, 0.15) is 11.6 Å². The summed E-state index contributed by atoms with van der Waals surface area (Å²) in [5.74, 6) is -0.493. The van der Waals surface area contributed by atoms with E-state index in [1.807, 2.05) is 55.1 Å². The molecule has 0 radical (unpaired) electrons. The van der Waals surface area contributed by atoms with Crippen molar-refractivity contribution in [2.24, 2.45) is 0 Å². The van der Waals surface area contributed by atoms with Gasteiger partial charge in [0, 0.05) is 24.5 Å². The Bertz CT molecular complexity index is 841. The van der Waals surface area contributed by atoms with Crippen LogP contribution in [-0.4, -0.2) is 16.8 Å². The fraction of sp³-hybridized carbons (Fsp3) is 0.200. The zero-order valence-electron chi connectivity index (χ0n) is 14.7. The van der Waals surface area contributed by atoms with E-state index in [1.54, 1.807) is 24.4 Å². The van der Waals surface area contributed by atoms with Gasteiger partial charge >= 0.3 is 0 Å². The molecule has 0 aliphatic heterocycles. The molecule has 0 heterocycles. The molecule has 0 aromatic heterocycles. The molecule has 0 saturated carbocycles. The Kier molecular flexibility index (Phi) is 6.65. The fourth-order valence-electron chi connectivity index (χ4n) is 2.28. The number of carbonyl (C=O) groups is 1. The summed E-state index contributed by atoms with van der Waals surface area (Å²) >= 11 is 5.96. The Hall–Kier alpha value is -2.97. The van der Waals surface area contributed by atoms with Gasteiger partial charge in [-0.2, -0.15) is 5.26 Å². The zero-order valence-corrected chi connectivity index (χ0v) is 15.5. The molecule has 6 heteroatoms. The monoisotopic (exact) mass is 368 g/mol. The molecule has 1 amide bonds. The van der Waals surface area contributed by atoms with Crippen LogP contribution in [0.3, 0.4) is 0 Å². The van der Waals surface area contributed by atoms with E-state index in [9.17, 15) is 10.1 Å². The lowest BCUT2D eigenvalue weighted by Gasteiger charge is -2.25. The zero-order chi connectivity index (χ0) is 19.1. The first-order chi connectivity index (χ1) is 12.4. The third kappa shape index (κ3) is 5.27. The van der Waals surface area contributed by atoms with Crippen LogP contribution in [0, 0.1) is 11.3 Å². The minimum Gasteiger partial charge on any atom is -0.398 e. The van der Waals surface area contributed by atoms with Crippen LogP contribution in [0.1, 0.15) is 19.4 Å². The van der Waals surface area contributed by atoms with E-state index in [-0.39, 0.29) is 11.6 Å². The number of nitrogens with two attached hydrogens (primary N) is 1. The van der Waals surface area contributed by atoms with Gasteiger partial charge in [0.2, 0.25) is 0 Å². The molecule has 0 aliphatic rings. The van der Waals surface area contributed by atoms with Crippen molar-refractivity contribution in [2.45, 2.75) is 26.4 Å². The predicted octanol–water partition coefficient (Wildman–Crippen LogP) is 4.18. The van der Waals surface area contributed by atoms with Gasteiger partial charge in [-0.3, -0.25) is 4.79 Å². The number of carbonyl (C=O) groups excluding carboxylic acids is 1. The van der Waals surface area contributed by atoms with Crippen LogP contribution in [0.5, 0.6) is 0 Å². The van der Waals surface area contributed by atoms with Crippen LogP contribution in [0.15, 0.2) is 60.3 Å². The summed E-state index contributed by atoms with van der Waals surface area (Å²) in [4.78, 5) is 14.4. The van der Waals surface area contributed by atoms with Crippen LogP contribution >= 0.6 is 11.6 Å². The molecule has 0 bridgehead atoms. The van der Waals surface area contributed by atoms with Gasteiger partial charge in [-0.05, 0) is 37.6 Å². The lowest BCUT2D eigenvalue weighted by atomic mass is 10.2. The molecule has 0 fully saturated rings. The van der Waals surface area contributed by atoms with E-state index < -0.39 is 5.91 Å². The number of halogens is 1. The molecule has 26 heavy (non-hydrogen) atoms. The molecule has 3 N–H and O–H groups in total. The summed E-state index contributed by atoms with van der Waals surface area (Å²) < 4.78 is 0. The van der Waals surface area contributed by atoms with Gasteiger partial charge < -0.3 is 16.0 Å². The maximum absolute atomic E-state index is 12.4. The Balaban J connectivity index is 2.18. The van der Waals surface area contributed by atoms with Gasteiger partial charge in [-0.1, -0.05) is 41.9 Å². The van der Waals surface area contributed by atoms with E-state index in [4.69, 9.17) is 17.3 Å². The minimum absolute atomic E-state index is 0.0163. The van der Waals surface area contributed by atoms with Crippen LogP contribution in [0.25, 0.3) is 0 Å². The number of anilines is 2. The Morgan fingerprint density at radius 3 is 2.58 bits per heavy atom. The topological polar surface area (TPSA) is 82.2 Å². The number of rotatable bonds is 6. The number of nitrogens with one attached hydrogen (secondary N) is 1. The van der Waals surface area contributed by atoms with Gasteiger partial charge in [-0.15, -0.1) is 0 Å². The van der Waals surface area contributed by atoms with E-state index in [0.29, 0.717) is 22.9 Å². The molecule has 5 nitrogen and oxygen atoms in total. The van der Waals surface area contributed by atoms with Crippen molar-refractivity contribution in [2.75, 3.05) is 11.1 Å². The number of hydrogen-bond donors (Lipinski definition) is 2. The van der Waals surface area contributed by atoms with Crippen LogP contribution in [0.2, 0.25) is 5.02 Å². The van der Waals surface area contributed by atoms with Crippen molar-refractivity contribution in [3.8, 4) is 6.07 Å². The standard InChI is InChI=1S/C20H21ClN4O/c1-14(2)25(12-15-6-4-3-5-7-15)13-16(11-22)20(26)24-17-8-9-19(23)18(21)10-17/h3-10,13-14H,12,23H2,1-2H3,(H,24,26)/b16-13-. The van der Waals surface area contributed by atoms with Crippen molar-refractivity contribution >= 4 is 28.9 Å². The highest BCUT2D eigenvalue weighted by Gasteiger charge is 2.14. The molecule has 0 spiro atoms. The summed E-state index contributed by atoms with van der Waals surface area (Å²) in [6.45, 7) is 4.61. The fourth-order valence-corrected chi connectivity index (χ4v) is 2.46. The van der Waals surface area contributed by atoms with Crippen LogP contribution < -0.4 is 11.1 Å². The highest BCUT2D eigenvalue weighted by Crippen LogP contribution is 2.23. The van der Waals surface area contributed by atoms with Crippen molar-refractivity contribution in [1.29, 1.82) is 5.26 Å². The van der Waals surface area contributed by atoms with E-state index in [0.717, 1.165) is 5.56 Å². The molecule has 134 valence electrons. The Labute approximate surface area is 158 Å². The predicted molar refractivity (Wildman–Crippen MR) is 105 cm³/mol. The highest BCUT2D eigenvalue weighted by atomic mass is 35.5. The van der Waals surface area contributed by atoms with Crippen LogP contribution in [-0.2, 0) is 11.3 Å². The normalized spacial score (nSPS) is 11.1. The molecular weight excluding hydrogens is 348 g/mol. The smallest absolute Gasteiger partial charge is 0.267 e. The highest BCUT2D eigenvalue weighted by molar-refractivity contribution is 6.33. The average Bonchev–Trinajstić information content (AvgIpc) is 2.62.